The number of nitrogens with one attached hydrogen (secondary N) is 1. The van der Waals surface area contributed by atoms with Gasteiger partial charge in [0.05, 0.1) is 17.5 Å². The molecule has 1 aromatic carbocycles. The number of amides is 1. The summed E-state index contributed by atoms with van der Waals surface area (Å²) in [6.45, 7) is 6.63. The number of ether oxygens (including phenoxy) is 1. The lowest BCUT2D eigenvalue weighted by Gasteiger charge is -2.36. The van der Waals surface area contributed by atoms with Gasteiger partial charge in [-0.3, -0.25) is 9.48 Å². The Balaban J connectivity index is 1.30. The molecular formula is C32H47F3N6O4S2. The number of rotatable bonds is 15. The minimum absolute atomic E-state index is 0.131. The minimum Gasteiger partial charge on any atom is -0.385 e. The monoisotopic (exact) mass is 700 g/mol. The number of halogens is 3. The maximum absolute atomic E-state index is 14.0. The molecule has 0 spiro atoms. The molecule has 2 saturated heterocycles. The van der Waals surface area contributed by atoms with E-state index in [1.165, 1.54) is 16.6 Å². The highest BCUT2D eigenvalue weighted by molar-refractivity contribution is 7.99. The summed E-state index contributed by atoms with van der Waals surface area (Å²) in [4.78, 5) is 16.8. The number of alkyl halides is 3. The zero-order valence-electron chi connectivity index (χ0n) is 27.4. The van der Waals surface area contributed by atoms with Crippen molar-refractivity contribution in [3.05, 3.63) is 35.0 Å². The molecule has 262 valence electrons. The van der Waals surface area contributed by atoms with Gasteiger partial charge in [-0.15, -0.1) is 11.8 Å². The molecule has 2 aromatic rings. The van der Waals surface area contributed by atoms with Gasteiger partial charge in [0.2, 0.25) is 15.9 Å². The van der Waals surface area contributed by atoms with Gasteiger partial charge in [-0.1, -0.05) is 6.07 Å². The average molecular weight is 701 g/mol. The third kappa shape index (κ3) is 9.30. The van der Waals surface area contributed by atoms with E-state index >= 15 is 0 Å². The zero-order valence-corrected chi connectivity index (χ0v) is 29.0. The second-order valence-corrected chi connectivity index (χ2v) is 15.7. The van der Waals surface area contributed by atoms with Crippen LogP contribution >= 0.6 is 11.8 Å². The molecule has 1 aromatic heterocycles. The topological polar surface area (TPSA) is 100 Å². The van der Waals surface area contributed by atoms with Crippen molar-refractivity contribution in [1.82, 2.24) is 29.2 Å². The van der Waals surface area contributed by atoms with Crippen LogP contribution in [-0.2, 0) is 45.2 Å². The smallest absolute Gasteiger partial charge is 0.385 e. The van der Waals surface area contributed by atoms with Gasteiger partial charge >= 0.3 is 6.18 Å². The third-order valence-corrected chi connectivity index (χ3v) is 11.6. The van der Waals surface area contributed by atoms with Crippen molar-refractivity contribution in [3.8, 4) is 11.3 Å². The number of sulfonamides is 1. The molecule has 3 aliphatic heterocycles. The van der Waals surface area contributed by atoms with Gasteiger partial charge in [0, 0.05) is 106 Å². The van der Waals surface area contributed by atoms with Gasteiger partial charge in [-0.25, -0.2) is 8.42 Å². The van der Waals surface area contributed by atoms with Gasteiger partial charge < -0.3 is 19.9 Å². The quantitative estimate of drug-likeness (QED) is 0.219. The molecule has 1 amide bonds. The van der Waals surface area contributed by atoms with E-state index in [1.807, 2.05) is 4.68 Å². The third-order valence-electron chi connectivity index (χ3n) is 9.32. The summed E-state index contributed by atoms with van der Waals surface area (Å²) < 4.78 is 75.4. The SMILES string of the molecule is COCCCNCCSc1cc(-c2nn(CCCN3CCC(N4CCCC4=O)CC3)c3c2CN(S(C)(=O)=O)CC3)ccc1C(F)(F)F. The molecule has 0 atom stereocenters. The standard InChI is InChI=1S/C32H47F3N6O4S2/c1-45-20-4-12-36-13-21-46-29-22-24(7-8-27(29)32(33,34)35)31-26-23-39(47(2,43)44)19-11-28(26)41(37-31)16-5-14-38-17-9-25(10-18-38)40-15-3-6-30(40)42/h7-8,22,25,36H,3-6,9-21,23H2,1-2H3. The number of hydrogen-bond donors (Lipinski definition) is 1. The Kier molecular flexibility index (Phi) is 12.3. The molecule has 0 saturated carbocycles. The highest BCUT2D eigenvalue weighted by Gasteiger charge is 2.35. The van der Waals surface area contributed by atoms with E-state index in [0.717, 1.165) is 93.9 Å². The first-order valence-corrected chi connectivity index (χ1v) is 19.4. The van der Waals surface area contributed by atoms with E-state index < -0.39 is 21.8 Å². The molecule has 0 bridgehead atoms. The summed E-state index contributed by atoms with van der Waals surface area (Å²) in [6.07, 6.45) is 2.40. The molecule has 4 heterocycles. The number of likely N-dealkylation sites (tertiary alicyclic amines) is 2. The van der Waals surface area contributed by atoms with Crippen molar-refractivity contribution in [2.24, 2.45) is 0 Å². The molecule has 3 aliphatic rings. The molecule has 0 radical (unpaired) electrons. The summed E-state index contributed by atoms with van der Waals surface area (Å²) >= 11 is 1.15. The molecule has 0 aliphatic carbocycles. The maximum Gasteiger partial charge on any atom is 0.417 e. The number of aryl methyl sites for hydroxylation is 1. The Morgan fingerprint density at radius 3 is 2.53 bits per heavy atom. The number of carbonyl (C=O) groups excluding carboxylic acids is 1. The number of nitrogens with zero attached hydrogens (tertiary/aromatic N) is 5. The number of piperidine rings is 1. The van der Waals surface area contributed by atoms with Crippen LogP contribution in [-0.4, -0.2) is 116 Å². The molecular weight excluding hydrogens is 654 g/mol. The predicted octanol–water partition coefficient (Wildman–Crippen LogP) is 4.08. The van der Waals surface area contributed by atoms with E-state index in [0.29, 0.717) is 62.1 Å². The second kappa shape index (κ2) is 16.0. The molecule has 0 unspecified atom stereocenters. The van der Waals surface area contributed by atoms with Crippen molar-refractivity contribution in [2.45, 2.75) is 75.1 Å². The van der Waals surface area contributed by atoms with E-state index in [2.05, 4.69) is 15.1 Å². The summed E-state index contributed by atoms with van der Waals surface area (Å²) in [5.41, 5.74) is 2.11. The van der Waals surface area contributed by atoms with Gasteiger partial charge in [0.15, 0.2) is 0 Å². The van der Waals surface area contributed by atoms with Crippen molar-refractivity contribution in [3.63, 3.8) is 0 Å². The second-order valence-electron chi connectivity index (χ2n) is 12.6. The Labute approximate surface area is 280 Å². The highest BCUT2D eigenvalue weighted by Crippen LogP contribution is 2.40. The van der Waals surface area contributed by atoms with Crippen molar-refractivity contribution < 1.29 is 31.1 Å². The van der Waals surface area contributed by atoms with E-state index in [4.69, 9.17) is 9.84 Å². The summed E-state index contributed by atoms with van der Waals surface area (Å²) in [5.74, 6) is 0.737. The fraction of sp³-hybridized carbons (Fsp3) is 0.688. The first kappa shape index (κ1) is 36.1. The fourth-order valence-corrected chi connectivity index (χ4v) is 8.65. The van der Waals surface area contributed by atoms with E-state index in [-0.39, 0.29) is 17.3 Å². The maximum atomic E-state index is 14.0. The number of aromatic nitrogens is 2. The number of hydrogen-bond acceptors (Lipinski definition) is 8. The zero-order chi connectivity index (χ0) is 33.6. The first-order valence-electron chi connectivity index (χ1n) is 16.5. The van der Waals surface area contributed by atoms with Crippen LogP contribution in [0.15, 0.2) is 23.1 Å². The van der Waals surface area contributed by atoms with Gasteiger partial charge in [0.25, 0.3) is 0 Å². The van der Waals surface area contributed by atoms with Gasteiger partial charge in [-0.2, -0.15) is 22.6 Å². The molecule has 2 fully saturated rings. The summed E-state index contributed by atoms with van der Waals surface area (Å²) in [5, 5.41) is 8.16. The number of carbonyl (C=O) groups is 1. The van der Waals surface area contributed by atoms with Crippen molar-refractivity contribution in [2.75, 3.05) is 71.5 Å². The van der Waals surface area contributed by atoms with Crippen LogP contribution in [0, 0.1) is 0 Å². The molecule has 1 N–H and O–H groups in total. The lowest BCUT2D eigenvalue weighted by atomic mass is 10.0. The van der Waals surface area contributed by atoms with Crippen molar-refractivity contribution >= 4 is 27.7 Å². The van der Waals surface area contributed by atoms with Crippen LogP contribution in [0.4, 0.5) is 13.2 Å². The summed E-state index contributed by atoms with van der Waals surface area (Å²) in [6, 6.07) is 4.46. The number of methoxy groups -OCH3 is 1. The average Bonchev–Trinajstić information content (AvgIpc) is 3.63. The Morgan fingerprint density at radius 2 is 1.85 bits per heavy atom. The van der Waals surface area contributed by atoms with Crippen molar-refractivity contribution in [1.29, 1.82) is 0 Å². The van der Waals surface area contributed by atoms with Crippen LogP contribution in [0.3, 0.4) is 0 Å². The molecule has 10 nitrogen and oxygen atoms in total. The van der Waals surface area contributed by atoms with Gasteiger partial charge in [0.1, 0.15) is 0 Å². The lowest BCUT2D eigenvalue weighted by Crippen LogP contribution is -2.45. The number of benzene rings is 1. The van der Waals surface area contributed by atoms with Crippen LogP contribution in [0.1, 0.15) is 55.3 Å². The van der Waals surface area contributed by atoms with E-state index in [9.17, 15) is 26.4 Å². The largest absolute Gasteiger partial charge is 0.417 e. The number of thioether (sulfide) groups is 1. The first-order chi connectivity index (χ1) is 22.5. The molecule has 47 heavy (non-hydrogen) atoms. The van der Waals surface area contributed by atoms with Crippen LogP contribution in [0.2, 0.25) is 0 Å². The van der Waals surface area contributed by atoms with Crippen LogP contribution in [0.25, 0.3) is 11.3 Å². The number of fused-ring (bicyclic) bond motifs is 1. The fourth-order valence-electron chi connectivity index (χ4n) is 6.84. The van der Waals surface area contributed by atoms with Crippen LogP contribution < -0.4 is 5.32 Å². The molecule has 5 rings (SSSR count). The summed E-state index contributed by atoms with van der Waals surface area (Å²) in [7, 11) is -1.83. The van der Waals surface area contributed by atoms with E-state index in [1.54, 1.807) is 13.2 Å². The normalized spacial score (nSPS) is 18.7. The Hall–Kier alpha value is -2.17. The van der Waals surface area contributed by atoms with Crippen LogP contribution in [0.5, 0.6) is 0 Å². The lowest BCUT2D eigenvalue weighted by molar-refractivity contribution is -0.139. The van der Waals surface area contributed by atoms with Gasteiger partial charge in [-0.05, 0) is 57.3 Å². The Bertz CT molecular complexity index is 1480. The molecule has 15 heteroatoms. The Morgan fingerprint density at radius 1 is 1.06 bits per heavy atom. The predicted molar refractivity (Wildman–Crippen MR) is 177 cm³/mol. The minimum atomic E-state index is -4.50. The highest BCUT2D eigenvalue weighted by atomic mass is 32.2.